The Balaban J connectivity index is 1.58. The van der Waals surface area contributed by atoms with Crippen molar-refractivity contribution >= 4 is 39.7 Å². The lowest BCUT2D eigenvalue weighted by Crippen LogP contribution is -2.17. The standard InChI is InChI=1S/C27H28N6O4/c1-6-14(2)36-26-23-18(16-7-9-20-22(11-16)37-15(3)30-20)13-29-24(23)32-27(33-26)31-19-10-8-17(25(34)28-4)12-21(19)35-5/h7-14H,6H2,1-5H3,(H,28,34)(H2,29,31,32,33)/t14-/m1/s1. The topological polar surface area (TPSA) is 127 Å². The first-order chi connectivity index (χ1) is 17.9. The van der Waals surface area contributed by atoms with Crippen LogP contribution in [0.25, 0.3) is 33.3 Å². The number of rotatable bonds is 8. The van der Waals surface area contributed by atoms with Crippen LogP contribution in [0.1, 0.15) is 36.5 Å². The Labute approximate surface area is 213 Å². The highest BCUT2D eigenvalue weighted by molar-refractivity contribution is 5.99. The van der Waals surface area contributed by atoms with Crippen LogP contribution >= 0.6 is 0 Å². The molecule has 0 saturated heterocycles. The van der Waals surface area contributed by atoms with Gasteiger partial charge in [0.25, 0.3) is 5.91 Å². The summed E-state index contributed by atoms with van der Waals surface area (Å²) < 4.78 is 17.5. The fourth-order valence-electron chi connectivity index (χ4n) is 4.05. The lowest BCUT2D eigenvalue weighted by atomic mass is 10.1. The zero-order valence-electron chi connectivity index (χ0n) is 21.3. The number of oxazole rings is 1. The summed E-state index contributed by atoms with van der Waals surface area (Å²) in [6, 6.07) is 11.0. The zero-order valence-corrected chi connectivity index (χ0v) is 21.3. The Morgan fingerprint density at radius 2 is 2.00 bits per heavy atom. The summed E-state index contributed by atoms with van der Waals surface area (Å²) in [4.78, 5) is 29.1. The molecule has 3 aromatic heterocycles. The molecule has 2 aromatic carbocycles. The van der Waals surface area contributed by atoms with Gasteiger partial charge in [0.15, 0.2) is 11.5 Å². The molecule has 3 N–H and O–H groups in total. The molecule has 5 rings (SSSR count). The summed E-state index contributed by atoms with van der Waals surface area (Å²) in [5.41, 5.74) is 5.04. The SMILES string of the molecule is CC[C@@H](C)Oc1nc(Nc2ccc(C(=O)NC)cc2OC)nc2[nH]cc(-c3ccc4nc(C)oc4c3)c12. The molecular weight excluding hydrogens is 472 g/mol. The first-order valence-corrected chi connectivity index (χ1v) is 12.0. The Kier molecular flexibility index (Phi) is 6.39. The van der Waals surface area contributed by atoms with Gasteiger partial charge < -0.3 is 29.5 Å². The minimum absolute atomic E-state index is 0.0607. The van der Waals surface area contributed by atoms with Gasteiger partial charge in [-0.2, -0.15) is 9.97 Å². The van der Waals surface area contributed by atoms with Crippen LogP contribution in [0.5, 0.6) is 11.6 Å². The van der Waals surface area contributed by atoms with Crippen molar-refractivity contribution < 1.29 is 18.7 Å². The van der Waals surface area contributed by atoms with Crippen LogP contribution in [0, 0.1) is 6.92 Å². The molecule has 0 unspecified atom stereocenters. The van der Waals surface area contributed by atoms with Crippen LogP contribution in [0.3, 0.4) is 0 Å². The van der Waals surface area contributed by atoms with E-state index in [2.05, 4.69) is 27.5 Å². The van der Waals surface area contributed by atoms with Crippen molar-refractivity contribution in [2.75, 3.05) is 19.5 Å². The van der Waals surface area contributed by atoms with E-state index >= 15 is 0 Å². The van der Waals surface area contributed by atoms with Gasteiger partial charge in [-0.1, -0.05) is 13.0 Å². The maximum Gasteiger partial charge on any atom is 0.251 e. The van der Waals surface area contributed by atoms with Crippen molar-refractivity contribution in [2.24, 2.45) is 0 Å². The highest BCUT2D eigenvalue weighted by Crippen LogP contribution is 2.37. The van der Waals surface area contributed by atoms with Gasteiger partial charge in [-0.3, -0.25) is 4.79 Å². The molecule has 5 aromatic rings. The van der Waals surface area contributed by atoms with Gasteiger partial charge in [-0.05, 0) is 49.2 Å². The minimum Gasteiger partial charge on any atom is -0.495 e. The molecule has 10 heteroatoms. The molecule has 0 aliphatic heterocycles. The molecule has 0 aliphatic carbocycles. The fourth-order valence-corrected chi connectivity index (χ4v) is 4.05. The largest absolute Gasteiger partial charge is 0.495 e. The number of ether oxygens (including phenoxy) is 2. The fraction of sp³-hybridized carbons (Fsp3) is 0.259. The molecule has 0 aliphatic rings. The Morgan fingerprint density at radius 1 is 1.16 bits per heavy atom. The number of fused-ring (bicyclic) bond motifs is 2. The summed E-state index contributed by atoms with van der Waals surface area (Å²) >= 11 is 0. The Bertz CT molecular complexity index is 1610. The molecule has 0 saturated carbocycles. The number of methoxy groups -OCH3 is 1. The molecule has 37 heavy (non-hydrogen) atoms. The van der Waals surface area contributed by atoms with E-state index in [0.717, 1.165) is 28.5 Å². The number of carbonyl (C=O) groups excluding carboxylic acids is 1. The number of benzene rings is 2. The van der Waals surface area contributed by atoms with Gasteiger partial charge >= 0.3 is 0 Å². The van der Waals surface area contributed by atoms with Gasteiger partial charge in [-0.15, -0.1) is 0 Å². The number of hydrogen-bond donors (Lipinski definition) is 3. The number of carbonyl (C=O) groups is 1. The third-order valence-electron chi connectivity index (χ3n) is 6.13. The molecule has 0 spiro atoms. The lowest BCUT2D eigenvalue weighted by molar-refractivity contribution is 0.0962. The van der Waals surface area contributed by atoms with Crippen LogP contribution in [0.2, 0.25) is 0 Å². The molecule has 1 atom stereocenters. The van der Waals surface area contributed by atoms with Crippen molar-refractivity contribution in [1.29, 1.82) is 0 Å². The van der Waals surface area contributed by atoms with E-state index in [1.165, 1.54) is 0 Å². The third kappa shape index (κ3) is 4.65. The third-order valence-corrected chi connectivity index (χ3v) is 6.13. The van der Waals surface area contributed by atoms with Crippen LogP contribution < -0.4 is 20.1 Å². The molecular formula is C27H28N6O4. The van der Waals surface area contributed by atoms with Gasteiger partial charge in [0, 0.05) is 31.3 Å². The van der Waals surface area contributed by atoms with E-state index in [1.807, 2.05) is 38.2 Å². The molecule has 0 bridgehead atoms. The van der Waals surface area contributed by atoms with Gasteiger partial charge in [0.05, 0.1) is 24.3 Å². The number of amides is 1. The monoisotopic (exact) mass is 500 g/mol. The summed E-state index contributed by atoms with van der Waals surface area (Å²) in [6.45, 7) is 5.88. The van der Waals surface area contributed by atoms with Gasteiger partial charge in [0.2, 0.25) is 11.8 Å². The second-order valence-corrected chi connectivity index (χ2v) is 8.65. The van der Waals surface area contributed by atoms with Crippen LogP contribution in [0.15, 0.2) is 47.0 Å². The summed E-state index contributed by atoms with van der Waals surface area (Å²) in [5.74, 6) is 1.67. The molecule has 190 valence electrons. The summed E-state index contributed by atoms with van der Waals surface area (Å²) in [5, 5.41) is 6.58. The molecule has 0 radical (unpaired) electrons. The Hall–Kier alpha value is -4.60. The molecule has 1 amide bonds. The van der Waals surface area contributed by atoms with E-state index in [4.69, 9.17) is 23.9 Å². The van der Waals surface area contributed by atoms with Crippen molar-refractivity contribution in [3.05, 3.63) is 54.0 Å². The Morgan fingerprint density at radius 3 is 2.76 bits per heavy atom. The van der Waals surface area contributed by atoms with Crippen molar-refractivity contribution in [1.82, 2.24) is 25.3 Å². The van der Waals surface area contributed by atoms with Crippen LogP contribution in [-0.2, 0) is 0 Å². The molecule has 3 heterocycles. The van der Waals surface area contributed by atoms with Gasteiger partial charge in [0.1, 0.15) is 16.9 Å². The highest BCUT2D eigenvalue weighted by Gasteiger charge is 2.20. The maximum absolute atomic E-state index is 12.0. The normalized spacial score (nSPS) is 12.0. The number of aromatic nitrogens is 4. The van der Waals surface area contributed by atoms with Crippen LogP contribution in [0.4, 0.5) is 11.6 Å². The van der Waals surface area contributed by atoms with E-state index in [-0.39, 0.29) is 12.0 Å². The first kappa shape index (κ1) is 24.1. The minimum atomic E-state index is -0.204. The number of nitrogens with one attached hydrogen (secondary N) is 3. The average molecular weight is 501 g/mol. The predicted octanol–water partition coefficient (Wildman–Crippen LogP) is 5.36. The van der Waals surface area contributed by atoms with E-state index in [0.29, 0.717) is 45.9 Å². The van der Waals surface area contributed by atoms with Gasteiger partial charge in [-0.25, -0.2) is 4.98 Å². The number of nitrogens with zero attached hydrogens (tertiary/aromatic N) is 3. The number of hydrogen-bond acceptors (Lipinski definition) is 8. The smallest absolute Gasteiger partial charge is 0.251 e. The summed E-state index contributed by atoms with van der Waals surface area (Å²) in [7, 11) is 3.12. The van der Waals surface area contributed by atoms with Crippen molar-refractivity contribution in [3.8, 4) is 22.8 Å². The maximum atomic E-state index is 12.0. The van der Waals surface area contributed by atoms with E-state index < -0.39 is 0 Å². The predicted molar refractivity (Wildman–Crippen MR) is 142 cm³/mol. The quantitative estimate of drug-likeness (QED) is 0.260. The summed E-state index contributed by atoms with van der Waals surface area (Å²) in [6.07, 6.45) is 2.64. The number of aromatic amines is 1. The first-order valence-electron chi connectivity index (χ1n) is 12.0. The number of aryl methyl sites for hydroxylation is 1. The zero-order chi connectivity index (χ0) is 26.1. The number of anilines is 2. The van der Waals surface area contributed by atoms with Crippen molar-refractivity contribution in [3.63, 3.8) is 0 Å². The molecule has 0 fully saturated rings. The average Bonchev–Trinajstić information content (AvgIpc) is 3.50. The molecule has 10 nitrogen and oxygen atoms in total. The number of H-pyrrole nitrogens is 1. The second-order valence-electron chi connectivity index (χ2n) is 8.65. The second kappa shape index (κ2) is 9.81. The van der Waals surface area contributed by atoms with E-state index in [9.17, 15) is 4.79 Å². The van der Waals surface area contributed by atoms with Crippen molar-refractivity contribution in [2.45, 2.75) is 33.3 Å². The highest BCUT2D eigenvalue weighted by atomic mass is 16.5. The van der Waals surface area contributed by atoms with E-state index in [1.54, 1.807) is 32.4 Å². The van der Waals surface area contributed by atoms with Crippen LogP contribution in [-0.4, -0.2) is 46.1 Å². The lowest BCUT2D eigenvalue weighted by Gasteiger charge is -2.16.